The van der Waals surface area contributed by atoms with Crippen molar-refractivity contribution in [1.82, 2.24) is 24.4 Å². The van der Waals surface area contributed by atoms with E-state index in [1.807, 2.05) is 29.8 Å². The van der Waals surface area contributed by atoms with E-state index in [0.717, 1.165) is 23.0 Å². The summed E-state index contributed by atoms with van der Waals surface area (Å²) in [6, 6.07) is 7.15. The van der Waals surface area contributed by atoms with Crippen molar-refractivity contribution in [2.45, 2.75) is 13.5 Å². The molecule has 0 atom stereocenters. The lowest BCUT2D eigenvalue weighted by Crippen LogP contribution is -2.16. The summed E-state index contributed by atoms with van der Waals surface area (Å²) in [7, 11) is 0. The third kappa shape index (κ3) is 2.00. The summed E-state index contributed by atoms with van der Waals surface area (Å²) in [4.78, 5) is 28.2. The molecule has 3 N–H and O–H groups in total. The monoisotopic (exact) mass is 322 g/mol. The van der Waals surface area contributed by atoms with Crippen LogP contribution in [0.5, 0.6) is 0 Å². The summed E-state index contributed by atoms with van der Waals surface area (Å²) in [6.07, 6.45) is 3.18. The molecule has 0 bridgehead atoms. The fraction of sp³-hybridized carbons (Fsp3) is 0.125. The van der Waals surface area contributed by atoms with Crippen LogP contribution in [0.3, 0.4) is 0 Å². The molecule has 0 saturated carbocycles. The van der Waals surface area contributed by atoms with Crippen LogP contribution >= 0.6 is 0 Å². The van der Waals surface area contributed by atoms with E-state index >= 15 is 0 Å². The largest absolute Gasteiger partial charge is 0.365 e. The van der Waals surface area contributed by atoms with Gasteiger partial charge in [0.05, 0.1) is 17.4 Å². The Labute approximate surface area is 135 Å². The van der Waals surface area contributed by atoms with Crippen molar-refractivity contribution < 1.29 is 4.79 Å². The highest BCUT2D eigenvalue weighted by Crippen LogP contribution is 2.23. The van der Waals surface area contributed by atoms with Crippen LogP contribution in [0, 0.1) is 0 Å². The molecule has 0 fully saturated rings. The zero-order valence-electron chi connectivity index (χ0n) is 12.9. The lowest BCUT2D eigenvalue weighted by molar-refractivity contribution is 0.100. The zero-order chi connectivity index (χ0) is 16.8. The number of nitrogens with zero attached hydrogens (tertiary/aromatic N) is 4. The van der Waals surface area contributed by atoms with Crippen LogP contribution in [-0.2, 0) is 6.54 Å². The predicted molar refractivity (Wildman–Crippen MR) is 88.7 cm³/mol. The molecule has 0 unspecified atom stereocenters. The fourth-order valence-electron chi connectivity index (χ4n) is 2.79. The highest BCUT2D eigenvalue weighted by Gasteiger charge is 2.14. The number of carbonyl (C=O) groups excluding carboxylic acids is 1. The van der Waals surface area contributed by atoms with E-state index in [1.165, 1.54) is 16.8 Å². The number of carbonyl (C=O) groups is 1. The van der Waals surface area contributed by atoms with Crippen molar-refractivity contribution in [2.75, 3.05) is 0 Å². The minimum absolute atomic E-state index is 0.175. The van der Waals surface area contributed by atoms with Gasteiger partial charge in [-0.25, -0.2) is 9.50 Å². The molecular formula is C16H14N6O2. The molecule has 0 aliphatic carbocycles. The number of aryl methyl sites for hydroxylation is 1. The van der Waals surface area contributed by atoms with E-state index in [0.29, 0.717) is 5.69 Å². The lowest BCUT2D eigenvalue weighted by Gasteiger charge is -2.04. The molecule has 0 aliphatic heterocycles. The molecular weight excluding hydrogens is 308 g/mol. The van der Waals surface area contributed by atoms with E-state index in [9.17, 15) is 9.59 Å². The molecule has 0 saturated heterocycles. The van der Waals surface area contributed by atoms with E-state index in [1.54, 1.807) is 6.20 Å². The van der Waals surface area contributed by atoms with E-state index in [2.05, 4.69) is 15.2 Å². The first kappa shape index (κ1) is 14.2. The first-order valence-corrected chi connectivity index (χ1v) is 7.45. The second kappa shape index (κ2) is 5.05. The number of benzene rings is 1. The predicted octanol–water partition coefficient (Wildman–Crippen LogP) is 1.16. The van der Waals surface area contributed by atoms with Crippen molar-refractivity contribution in [3.8, 4) is 11.3 Å². The van der Waals surface area contributed by atoms with Crippen LogP contribution in [0.2, 0.25) is 0 Å². The number of fused-ring (bicyclic) bond motifs is 2. The van der Waals surface area contributed by atoms with Gasteiger partial charge >= 0.3 is 0 Å². The Morgan fingerprint density at radius 2 is 2.17 bits per heavy atom. The number of primary amides is 1. The number of aromatic amines is 1. The third-order valence-electron chi connectivity index (χ3n) is 4.00. The number of hydrogen-bond donors (Lipinski definition) is 2. The topological polar surface area (TPSA) is 111 Å². The van der Waals surface area contributed by atoms with Gasteiger partial charge in [-0.2, -0.15) is 5.10 Å². The van der Waals surface area contributed by atoms with Crippen molar-refractivity contribution in [1.29, 1.82) is 0 Å². The Morgan fingerprint density at radius 3 is 2.92 bits per heavy atom. The molecule has 1 amide bonds. The summed E-state index contributed by atoms with van der Waals surface area (Å²) < 4.78 is 3.06. The normalized spacial score (nSPS) is 11.4. The highest BCUT2D eigenvalue weighted by molar-refractivity contribution is 5.98. The second-order valence-corrected chi connectivity index (χ2v) is 5.42. The standard InChI is InChI=1S/C16H14N6O2/c1-2-21-13-5-9(3-4-10(13)7-18-21)12-6-14(23)22-16(20-12)11(8-19-22)15(17)24/h3-8,19H,2H2,1H3,(H2,17,24). The van der Waals surface area contributed by atoms with Crippen LogP contribution in [0.15, 0.2) is 41.5 Å². The number of rotatable bonds is 3. The number of aromatic nitrogens is 5. The van der Waals surface area contributed by atoms with Gasteiger partial charge in [0.15, 0.2) is 5.65 Å². The van der Waals surface area contributed by atoms with Gasteiger partial charge in [0.2, 0.25) is 0 Å². The molecule has 3 aromatic heterocycles. The first-order chi connectivity index (χ1) is 11.6. The number of nitrogens with two attached hydrogens (primary N) is 1. The van der Waals surface area contributed by atoms with Crippen molar-refractivity contribution in [3.63, 3.8) is 0 Å². The maximum atomic E-state index is 12.3. The van der Waals surface area contributed by atoms with Crippen LogP contribution in [0.25, 0.3) is 27.8 Å². The van der Waals surface area contributed by atoms with Gasteiger partial charge < -0.3 is 5.73 Å². The van der Waals surface area contributed by atoms with Crippen LogP contribution in [-0.4, -0.2) is 30.3 Å². The maximum absolute atomic E-state index is 12.3. The van der Waals surface area contributed by atoms with Gasteiger partial charge in [-0.1, -0.05) is 12.1 Å². The van der Waals surface area contributed by atoms with E-state index in [-0.39, 0.29) is 16.8 Å². The number of H-pyrrole nitrogens is 1. The molecule has 4 aromatic rings. The Bertz CT molecular complexity index is 1150. The molecule has 120 valence electrons. The summed E-state index contributed by atoms with van der Waals surface area (Å²) in [5.74, 6) is -0.641. The number of hydrogen-bond acceptors (Lipinski definition) is 4. The third-order valence-corrected chi connectivity index (χ3v) is 4.00. The van der Waals surface area contributed by atoms with Crippen LogP contribution in [0.1, 0.15) is 17.3 Å². The average molecular weight is 322 g/mol. The minimum atomic E-state index is -0.641. The molecule has 8 nitrogen and oxygen atoms in total. The average Bonchev–Trinajstić information content (AvgIpc) is 3.18. The minimum Gasteiger partial charge on any atom is -0.365 e. The van der Waals surface area contributed by atoms with Gasteiger partial charge in [-0.3, -0.25) is 19.4 Å². The van der Waals surface area contributed by atoms with Gasteiger partial charge in [0.1, 0.15) is 5.56 Å². The fourth-order valence-corrected chi connectivity index (χ4v) is 2.79. The molecule has 0 radical (unpaired) electrons. The van der Waals surface area contributed by atoms with Crippen LogP contribution < -0.4 is 11.3 Å². The van der Waals surface area contributed by atoms with Gasteiger partial charge in [-0.05, 0) is 13.0 Å². The van der Waals surface area contributed by atoms with Crippen molar-refractivity contribution in [3.05, 3.63) is 52.6 Å². The summed E-state index contributed by atoms with van der Waals surface area (Å²) >= 11 is 0. The molecule has 0 spiro atoms. The number of nitrogens with one attached hydrogen (secondary N) is 1. The molecule has 3 heterocycles. The summed E-state index contributed by atoms with van der Waals surface area (Å²) in [6.45, 7) is 2.75. The van der Waals surface area contributed by atoms with Gasteiger partial charge in [-0.15, -0.1) is 0 Å². The highest BCUT2D eigenvalue weighted by atomic mass is 16.1. The SMILES string of the molecule is CCn1ncc2ccc(-c3cc(=O)n4[nH]cc(C(N)=O)c4n3)cc21. The van der Waals surface area contributed by atoms with Crippen LogP contribution in [0.4, 0.5) is 0 Å². The van der Waals surface area contributed by atoms with Crippen molar-refractivity contribution in [2.24, 2.45) is 5.73 Å². The molecule has 1 aromatic carbocycles. The lowest BCUT2D eigenvalue weighted by atomic mass is 10.1. The number of amides is 1. The zero-order valence-corrected chi connectivity index (χ0v) is 12.9. The molecule has 0 aliphatic rings. The van der Waals surface area contributed by atoms with Gasteiger partial charge in [0.25, 0.3) is 11.5 Å². The molecule has 4 rings (SSSR count). The Hall–Kier alpha value is -3.42. The summed E-state index contributed by atoms with van der Waals surface area (Å²) in [5.41, 5.74) is 7.62. The van der Waals surface area contributed by atoms with E-state index < -0.39 is 5.91 Å². The Balaban J connectivity index is 1.97. The smallest absolute Gasteiger partial charge is 0.273 e. The van der Waals surface area contributed by atoms with E-state index in [4.69, 9.17) is 5.73 Å². The summed E-state index contributed by atoms with van der Waals surface area (Å²) in [5, 5.41) is 8.01. The molecule has 24 heavy (non-hydrogen) atoms. The Kier molecular flexibility index (Phi) is 2.99. The quantitative estimate of drug-likeness (QED) is 0.589. The molecule has 8 heteroatoms. The second-order valence-electron chi connectivity index (χ2n) is 5.42. The van der Waals surface area contributed by atoms with Gasteiger partial charge in [0, 0.05) is 29.8 Å². The first-order valence-electron chi connectivity index (χ1n) is 7.45. The van der Waals surface area contributed by atoms with Crippen molar-refractivity contribution >= 4 is 22.5 Å². The maximum Gasteiger partial charge on any atom is 0.273 e. The Morgan fingerprint density at radius 1 is 1.33 bits per heavy atom.